The molecule has 1 N–H and O–H groups in total. The van der Waals surface area contributed by atoms with Gasteiger partial charge in [0.1, 0.15) is 0 Å². The van der Waals surface area contributed by atoms with Gasteiger partial charge in [0.25, 0.3) is 0 Å². The fraction of sp³-hybridized carbons (Fsp3) is 0.500. The minimum Gasteiger partial charge on any atom is -0.481 e. The van der Waals surface area contributed by atoms with Crippen molar-refractivity contribution in [2.75, 3.05) is 6.54 Å². The van der Waals surface area contributed by atoms with Crippen molar-refractivity contribution in [1.82, 2.24) is 4.90 Å². The molecule has 1 aromatic carbocycles. The maximum absolute atomic E-state index is 12.6. The van der Waals surface area contributed by atoms with Crippen LogP contribution in [0.3, 0.4) is 0 Å². The van der Waals surface area contributed by atoms with Crippen LogP contribution in [0.2, 0.25) is 0 Å². The average Bonchev–Trinajstić information content (AvgIpc) is 2.42. The highest BCUT2D eigenvalue weighted by Gasteiger charge is 2.44. The van der Waals surface area contributed by atoms with Crippen LogP contribution in [0, 0.1) is 5.41 Å². The molecule has 1 unspecified atom stereocenters. The molecule has 20 heavy (non-hydrogen) atoms. The smallest absolute Gasteiger partial charge is 0.312 e. The summed E-state index contributed by atoms with van der Waals surface area (Å²) in [6.45, 7) is 2.82. The van der Waals surface area contributed by atoms with E-state index >= 15 is 0 Å². The van der Waals surface area contributed by atoms with Gasteiger partial charge in [0.2, 0.25) is 5.91 Å². The second-order valence-electron chi connectivity index (χ2n) is 6.19. The Morgan fingerprint density at radius 1 is 1.30 bits per heavy atom. The maximum atomic E-state index is 12.6. The summed E-state index contributed by atoms with van der Waals surface area (Å²) in [6, 6.07) is 7.55. The molecule has 1 aliphatic carbocycles. The van der Waals surface area contributed by atoms with Gasteiger partial charge in [-0.3, -0.25) is 9.59 Å². The van der Waals surface area contributed by atoms with Gasteiger partial charge >= 0.3 is 5.97 Å². The Morgan fingerprint density at radius 3 is 2.60 bits per heavy atom. The molecule has 0 saturated heterocycles. The Morgan fingerprint density at radius 2 is 2.00 bits per heavy atom. The van der Waals surface area contributed by atoms with Gasteiger partial charge in [0.05, 0.1) is 5.92 Å². The molecule has 0 aromatic heterocycles. The van der Waals surface area contributed by atoms with Gasteiger partial charge in [0, 0.05) is 18.5 Å². The highest BCUT2D eigenvalue weighted by Crippen LogP contribution is 2.43. The molecule has 1 amide bonds. The van der Waals surface area contributed by atoms with E-state index in [1.165, 1.54) is 0 Å². The number of carboxylic acid groups (broad SMARTS) is 1. The predicted molar refractivity (Wildman–Crippen MR) is 74.2 cm³/mol. The molecule has 2 aliphatic rings. The summed E-state index contributed by atoms with van der Waals surface area (Å²) in [5, 5.41) is 9.42. The molecular weight excluding hydrogens is 254 g/mol. The second kappa shape index (κ2) is 4.62. The zero-order chi connectivity index (χ0) is 14.3. The van der Waals surface area contributed by atoms with Crippen molar-refractivity contribution in [1.29, 1.82) is 0 Å². The number of rotatable bonds is 2. The van der Waals surface area contributed by atoms with E-state index in [2.05, 4.69) is 0 Å². The normalized spacial score (nSPS) is 23.6. The van der Waals surface area contributed by atoms with Gasteiger partial charge in [-0.2, -0.15) is 0 Å². The standard InChI is InChI=1S/C16H19NO3/c1-16(7-4-8-16)15(20)17-9-11-5-2-3-6-12(11)13(10-17)14(18)19/h2-3,5-6,13H,4,7-10H2,1H3,(H,18,19). The molecular formula is C16H19NO3. The van der Waals surface area contributed by atoms with Crippen LogP contribution in [0.15, 0.2) is 24.3 Å². The highest BCUT2D eigenvalue weighted by molar-refractivity contribution is 5.85. The van der Waals surface area contributed by atoms with Crippen molar-refractivity contribution in [3.63, 3.8) is 0 Å². The maximum Gasteiger partial charge on any atom is 0.312 e. The fourth-order valence-corrected chi connectivity index (χ4v) is 3.28. The van der Waals surface area contributed by atoms with Gasteiger partial charge in [-0.05, 0) is 24.0 Å². The molecule has 1 fully saturated rings. The minimum absolute atomic E-state index is 0.115. The van der Waals surface area contributed by atoms with Crippen LogP contribution in [-0.2, 0) is 16.1 Å². The minimum atomic E-state index is -0.853. The fourth-order valence-electron chi connectivity index (χ4n) is 3.28. The summed E-state index contributed by atoms with van der Waals surface area (Å²) in [4.78, 5) is 25.8. The Hall–Kier alpha value is -1.84. The molecule has 0 bridgehead atoms. The average molecular weight is 273 g/mol. The number of nitrogens with zero attached hydrogens (tertiary/aromatic N) is 1. The van der Waals surface area contributed by atoms with Gasteiger partial charge in [-0.15, -0.1) is 0 Å². The number of carbonyl (C=O) groups is 2. The van der Waals surface area contributed by atoms with Crippen molar-refractivity contribution in [3.8, 4) is 0 Å². The summed E-state index contributed by atoms with van der Waals surface area (Å²) >= 11 is 0. The van der Waals surface area contributed by atoms with Gasteiger partial charge in [0.15, 0.2) is 0 Å². The molecule has 0 radical (unpaired) electrons. The summed E-state index contributed by atoms with van der Waals surface area (Å²) in [6.07, 6.45) is 2.93. The molecule has 106 valence electrons. The molecule has 4 heteroatoms. The van der Waals surface area contributed by atoms with Crippen LogP contribution >= 0.6 is 0 Å². The topological polar surface area (TPSA) is 57.6 Å². The van der Waals surface area contributed by atoms with Crippen LogP contribution in [0.5, 0.6) is 0 Å². The zero-order valence-electron chi connectivity index (χ0n) is 11.6. The summed E-state index contributed by atoms with van der Waals surface area (Å²) in [5.41, 5.74) is 1.54. The molecule has 3 rings (SSSR count). The lowest BCUT2D eigenvalue weighted by Gasteiger charge is -2.43. The number of carbonyl (C=O) groups excluding carboxylic acids is 1. The Bertz CT molecular complexity index is 563. The van der Waals surface area contributed by atoms with Crippen LogP contribution in [-0.4, -0.2) is 28.4 Å². The van der Waals surface area contributed by atoms with Crippen molar-refractivity contribution >= 4 is 11.9 Å². The Balaban J connectivity index is 1.90. The van der Waals surface area contributed by atoms with E-state index in [-0.39, 0.29) is 11.3 Å². The van der Waals surface area contributed by atoms with Crippen molar-refractivity contribution in [2.24, 2.45) is 5.41 Å². The first-order valence-corrected chi connectivity index (χ1v) is 7.11. The Labute approximate surface area is 118 Å². The van der Waals surface area contributed by atoms with Gasteiger partial charge in [-0.25, -0.2) is 0 Å². The lowest BCUT2D eigenvalue weighted by molar-refractivity contribution is -0.149. The lowest BCUT2D eigenvalue weighted by atomic mass is 9.69. The van der Waals surface area contributed by atoms with E-state index in [4.69, 9.17) is 0 Å². The third-order valence-corrected chi connectivity index (χ3v) is 4.75. The lowest BCUT2D eigenvalue weighted by Crippen LogP contribution is -2.49. The van der Waals surface area contributed by atoms with Crippen molar-refractivity contribution in [2.45, 2.75) is 38.6 Å². The molecule has 1 aliphatic heterocycles. The van der Waals surface area contributed by atoms with Gasteiger partial charge < -0.3 is 10.0 Å². The molecule has 1 saturated carbocycles. The number of aliphatic carboxylic acids is 1. The number of hydrogen-bond donors (Lipinski definition) is 1. The summed E-state index contributed by atoms with van der Waals surface area (Å²) in [5.74, 6) is -1.34. The number of amides is 1. The van der Waals surface area contributed by atoms with E-state index in [0.29, 0.717) is 13.1 Å². The quantitative estimate of drug-likeness (QED) is 0.900. The number of fused-ring (bicyclic) bond motifs is 1. The monoisotopic (exact) mass is 273 g/mol. The highest BCUT2D eigenvalue weighted by atomic mass is 16.4. The summed E-state index contributed by atoms with van der Waals surface area (Å²) < 4.78 is 0. The SMILES string of the molecule is CC1(C(=O)N2Cc3ccccc3C(C(=O)O)C2)CCC1. The van der Waals surface area contributed by atoms with E-state index in [9.17, 15) is 14.7 Å². The predicted octanol–water partition coefficient (Wildman–Crippen LogP) is 2.39. The molecule has 1 heterocycles. The van der Waals surface area contributed by atoms with Crippen LogP contribution in [0.4, 0.5) is 0 Å². The third-order valence-electron chi connectivity index (χ3n) is 4.75. The number of benzene rings is 1. The molecule has 1 atom stereocenters. The van der Waals surface area contributed by atoms with E-state index in [1.807, 2.05) is 31.2 Å². The largest absolute Gasteiger partial charge is 0.481 e. The number of carboxylic acids is 1. The van der Waals surface area contributed by atoms with Crippen molar-refractivity contribution in [3.05, 3.63) is 35.4 Å². The van der Waals surface area contributed by atoms with Gasteiger partial charge in [-0.1, -0.05) is 37.6 Å². The Kier molecular flexibility index (Phi) is 3.04. The van der Waals surface area contributed by atoms with E-state index in [1.54, 1.807) is 4.90 Å². The first kappa shape index (κ1) is 13.2. The van der Waals surface area contributed by atoms with Crippen LogP contribution < -0.4 is 0 Å². The third kappa shape index (κ3) is 1.99. The molecule has 0 spiro atoms. The first-order chi connectivity index (χ1) is 9.51. The van der Waals surface area contributed by atoms with Crippen LogP contribution in [0.1, 0.15) is 43.2 Å². The van der Waals surface area contributed by atoms with E-state index in [0.717, 1.165) is 30.4 Å². The summed E-state index contributed by atoms with van der Waals surface area (Å²) in [7, 11) is 0. The number of hydrogen-bond acceptors (Lipinski definition) is 2. The second-order valence-corrected chi connectivity index (χ2v) is 6.19. The molecule has 4 nitrogen and oxygen atoms in total. The van der Waals surface area contributed by atoms with Crippen molar-refractivity contribution < 1.29 is 14.7 Å². The molecule has 1 aromatic rings. The first-order valence-electron chi connectivity index (χ1n) is 7.11. The van der Waals surface area contributed by atoms with E-state index < -0.39 is 11.9 Å². The van der Waals surface area contributed by atoms with Crippen LogP contribution in [0.25, 0.3) is 0 Å². The zero-order valence-corrected chi connectivity index (χ0v) is 11.6.